The first-order chi connectivity index (χ1) is 8.09. The molecule has 2 heterocycles. The molecular weight excluding hydrogens is 284 g/mol. The molecule has 1 saturated heterocycles. The molecule has 1 amide bonds. The molecule has 0 saturated carbocycles. The Morgan fingerprint density at radius 3 is 2.88 bits per heavy atom. The van der Waals surface area contributed by atoms with Gasteiger partial charge < -0.3 is 9.64 Å². The zero-order valence-corrected chi connectivity index (χ0v) is 11.5. The van der Waals surface area contributed by atoms with Crippen molar-refractivity contribution in [3.63, 3.8) is 0 Å². The number of hydrogen-bond donors (Lipinski definition) is 0. The monoisotopic (exact) mass is 298 g/mol. The first-order valence-electron chi connectivity index (χ1n) is 5.60. The number of pyridine rings is 1. The van der Waals surface area contributed by atoms with Crippen molar-refractivity contribution in [2.45, 2.75) is 25.5 Å². The Morgan fingerprint density at radius 2 is 2.35 bits per heavy atom. The highest BCUT2D eigenvalue weighted by Gasteiger charge is 2.30. The van der Waals surface area contributed by atoms with Crippen molar-refractivity contribution in [1.82, 2.24) is 9.88 Å². The lowest BCUT2D eigenvalue weighted by molar-refractivity contribution is 0.0574. The number of aromatic nitrogens is 1. The van der Waals surface area contributed by atoms with E-state index in [1.54, 1.807) is 23.2 Å². The summed E-state index contributed by atoms with van der Waals surface area (Å²) in [5.41, 5.74) is 0.606. The van der Waals surface area contributed by atoms with Crippen molar-refractivity contribution in [2.75, 3.05) is 13.7 Å². The van der Waals surface area contributed by atoms with E-state index in [9.17, 15) is 4.79 Å². The molecule has 0 bridgehead atoms. The second-order valence-electron chi connectivity index (χ2n) is 4.22. The summed E-state index contributed by atoms with van der Waals surface area (Å²) in [5.74, 6) is -0.00708. The highest BCUT2D eigenvalue weighted by molar-refractivity contribution is 9.10. The van der Waals surface area contributed by atoms with Crippen LogP contribution in [0.4, 0.5) is 0 Å². The van der Waals surface area contributed by atoms with Crippen LogP contribution in [0.15, 0.2) is 22.9 Å². The number of ether oxygens (including phenoxy) is 1. The molecule has 1 aromatic heterocycles. The average Bonchev–Trinajstić information content (AvgIpc) is 2.74. The Kier molecular flexibility index (Phi) is 3.79. The molecule has 1 aliphatic rings. The summed E-state index contributed by atoms with van der Waals surface area (Å²) in [6, 6.07) is 3.71. The van der Waals surface area contributed by atoms with Crippen LogP contribution in [-0.2, 0) is 4.74 Å². The highest BCUT2D eigenvalue weighted by Crippen LogP contribution is 2.20. The Balaban J connectivity index is 2.11. The van der Waals surface area contributed by atoms with E-state index in [-0.39, 0.29) is 18.1 Å². The fraction of sp³-hybridized carbons (Fsp3) is 0.500. The summed E-state index contributed by atoms with van der Waals surface area (Å²) in [6.45, 7) is 2.73. The van der Waals surface area contributed by atoms with E-state index in [2.05, 4.69) is 20.9 Å². The van der Waals surface area contributed by atoms with Crippen molar-refractivity contribution in [3.05, 3.63) is 28.5 Å². The van der Waals surface area contributed by atoms with E-state index in [4.69, 9.17) is 4.74 Å². The second-order valence-corrected chi connectivity index (χ2v) is 5.03. The van der Waals surface area contributed by atoms with Gasteiger partial charge in [-0.3, -0.25) is 4.79 Å². The predicted molar refractivity (Wildman–Crippen MR) is 67.8 cm³/mol. The molecule has 0 spiro atoms. The topological polar surface area (TPSA) is 42.4 Å². The minimum atomic E-state index is -0.00708. The second kappa shape index (κ2) is 5.14. The van der Waals surface area contributed by atoms with Gasteiger partial charge in [-0.05, 0) is 41.4 Å². The molecule has 17 heavy (non-hydrogen) atoms. The molecule has 2 unspecified atom stereocenters. The quantitative estimate of drug-likeness (QED) is 0.785. The Morgan fingerprint density at radius 1 is 1.59 bits per heavy atom. The number of carbonyl (C=O) groups excluding carboxylic acids is 1. The van der Waals surface area contributed by atoms with E-state index in [1.165, 1.54) is 0 Å². The van der Waals surface area contributed by atoms with Crippen LogP contribution in [0, 0.1) is 0 Å². The first-order valence-corrected chi connectivity index (χ1v) is 6.39. The molecule has 5 heteroatoms. The van der Waals surface area contributed by atoms with Crippen LogP contribution >= 0.6 is 15.9 Å². The number of halogens is 1. The molecule has 1 fully saturated rings. The van der Waals surface area contributed by atoms with Gasteiger partial charge in [0.25, 0.3) is 5.91 Å². The van der Waals surface area contributed by atoms with Crippen LogP contribution in [-0.4, -0.2) is 41.6 Å². The van der Waals surface area contributed by atoms with Gasteiger partial charge in [-0.2, -0.15) is 0 Å². The van der Waals surface area contributed by atoms with E-state index >= 15 is 0 Å². The third-order valence-electron chi connectivity index (χ3n) is 3.13. The van der Waals surface area contributed by atoms with Gasteiger partial charge in [0.05, 0.1) is 17.7 Å². The zero-order valence-electron chi connectivity index (χ0n) is 9.89. The summed E-state index contributed by atoms with van der Waals surface area (Å²) in [4.78, 5) is 18.0. The lowest BCUT2D eigenvalue weighted by Gasteiger charge is -2.26. The van der Waals surface area contributed by atoms with Gasteiger partial charge in [-0.1, -0.05) is 0 Å². The van der Waals surface area contributed by atoms with Crippen LogP contribution < -0.4 is 0 Å². The number of carbonyl (C=O) groups is 1. The fourth-order valence-electron chi connectivity index (χ4n) is 2.09. The van der Waals surface area contributed by atoms with Crippen LogP contribution in [0.2, 0.25) is 0 Å². The van der Waals surface area contributed by atoms with Crippen LogP contribution in [0.1, 0.15) is 23.7 Å². The third kappa shape index (κ3) is 2.66. The van der Waals surface area contributed by atoms with Crippen molar-refractivity contribution < 1.29 is 9.53 Å². The van der Waals surface area contributed by atoms with E-state index < -0.39 is 0 Å². The molecular formula is C12H15BrN2O2. The largest absolute Gasteiger partial charge is 0.376 e. The number of nitrogens with zero attached hydrogens (tertiary/aromatic N) is 2. The summed E-state index contributed by atoms with van der Waals surface area (Å²) in [7, 11) is 1.82. The number of rotatable bonds is 2. The van der Waals surface area contributed by atoms with Gasteiger partial charge in [-0.15, -0.1) is 0 Å². The maximum Gasteiger partial charge on any atom is 0.255 e. The zero-order chi connectivity index (χ0) is 12.4. The van der Waals surface area contributed by atoms with Crippen LogP contribution in [0.25, 0.3) is 0 Å². The van der Waals surface area contributed by atoms with E-state index in [0.717, 1.165) is 17.6 Å². The lowest BCUT2D eigenvalue weighted by atomic mass is 10.1. The molecule has 0 aromatic carbocycles. The van der Waals surface area contributed by atoms with Gasteiger partial charge in [0.1, 0.15) is 4.60 Å². The number of likely N-dealkylation sites (N-methyl/N-ethyl adjacent to an activating group) is 1. The molecule has 1 aromatic rings. The standard InChI is InChI=1S/C12H15BrN2O2/c1-8-10(5-6-17-8)15(2)12(16)9-3-4-11(13)14-7-9/h3-4,7-8,10H,5-6H2,1-2H3. The SMILES string of the molecule is CC1OCCC1N(C)C(=O)c1ccc(Br)nc1. The minimum absolute atomic E-state index is 0.00708. The molecule has 0 N–H and O–H groups in total. The third-order valence-corrected chi connectivity index (χ3v) is 3.60. The first kappa shape index (κ1) is 12.5. The summed E-state index contributed by atoms with van der Waals surface area (Å²) < 4.78 is 6.21. The van der Waals surface area contributed by atoms with Gasteiger partial charge >= 0.3 is 0 Å². The maximum atomic E-state index is 12.2. The average molecular weight is 299 g/mol. The van der Waals surface area contributed by atoms with E-state index in [0.29, 0.717) is 5.56 Å². The van der Waals surface area contributed by atoms with Gasteiger partial charge in [-0.25, -0.2) is 4.98 Å². The summed E-state index contributed by atoms with van der Waals surface area (Å²) in [6.07, 6.45) is 2.59. The molecule has 0 aliphatic carbocycles. The molecule has 0 radical (unpaired) electrons. The fourth-order valence-corrected chi connectivity index (χ4v) is 2.32. The molecule has 4 nitrogen and oxygen atoms in total. The predicted octanol–water partition coefficient (Wildman–Crippen LogP) is 2.09. The van der Waals surface area contributed by atoms with Crippen LogP contribution in [0.3, 0.4) is 0 Å². The normalized spacial score (nSPS) is 23.7. The Bertz CT molecular complexity index is 407. The van der Waals surface area contributed by atoms with Gasteiger partial charge in [0.2, 0.25) is 0 Å². The lowest BCUT2D eigenvalue weighted by Crippen LogP contribution is -2.41. The molecule has 2 atom stereocenters. The van der Waals surface area contributed by atoms with Gasteiger partial charge in [0.15, 0.2) is 0 Å². The highest BCUT2D eigenvalue weighted by atomic mass is 79.9. The summed E-state index contributed by atoms with van der Waals surface area (Å²) >= 11 is 3.25. The van der Waals surface area contributed by atoms with E-state index in [1.807, 2.05) is 14.0 Å². The number of amides is 1. The van der Waals surface area contributed by atoms with Crippen molar-refractivity contribution >= 4 is 21.8 Å². The smallest absolute Gasteiger partial charge is 0.255 e. The van der Waals surface area contributed by atoms with Crippen molar-refractivity contribution in [1.29, 1.82) is 0 Å². The molecule has 2 rings (SSSR count). The van der Waals surface area contributed by atoms with Crippen molar-refractivity contribution in [3.8, 4) is 0 Å². The molecule has 92 valence electrons. The van der Waals surface area contributed by atoms with Gasteiger partial charge in [0, 0.05) is 19.9 Å². The minimum Gasteiger partial charge on any atom is -0.376 e. The Labute approximate surface area is 109 Å². The maximum absolute atomic E-state index is 12.2. The van der Waals surface area contributed by atoms with Crippen LogP contribution in [0.5, 0.6) is 0 Å². The van der Waals surface area contributed by atoms with Crippen molar-refractivity contribution in [2.24, 2.45) is 0 Å². The molecule has 1 aliphatic heterocycles. The number of hydrogen-bond acceptors (Lipinski definition) is 3. The summed E-state index contributed by atoms with van der Waals surface area (Å²) in [5, 5.41) is 0. The Hall–Kier alpha value is -0.940.